The fourth-order valence-corrected chi connectivity index (χ4v) is 17.3. The topological polar surface area (TPSA) is 279 Å². The summed E-state index contributed by atoms with van der Waals surface area (Å²) in [4.78, 5) is 192. The molecule has 3 N–H and O–H groups in total. The van der Waals surface area contributed by atoms with Gasteiger partial charge < -0.3 is 64.8 Å². The summed E-state index contributed by atoms with van der Waals surface area (Å²) >= 11 is 0. The maximum Gasteiger partial charge on any atom is 0.397 e. The van der Waals surface area contributed by atoms with Crippen LogP contribution in [0.3, 0.4) is 0 Å². The van der Waals surface area contributed by atoms with Gasteiger partial charge in [0.25, 0.3) is 0 Å². The summed E-state index contributed by atoms with van der Waals surface area (Å²) in [6, 6.07) is -11.3. The number of fused-ring (bicyclic) bond motifs is 3. The van der Waals surface area contributed by atoms with E-state index in [9.17, 15) is 55.1 Å². The first kappa shape index (κ1) is 89.0. The van der Waals surface area contributed by atoms with Crippen LogP contribution in [-0.2, 0) is 62.3 Å². The van der Waals surface area contributed by atoms with Gasteiger partial charge in [0.2, 0.25) is 70.9 Å². The van der Waals surface area contributed by atoms with E-state index in [0.29, 0.717) is 51.4 Å². The molecule has 0 aromatic carbocycles. The van der Waals surface area contributed by atoms with Gasteiger partial charge in [-0.1, -0.05) is 65.5 Å². The van der Waals surface area contributed by atoms with E-state index in [2.05, 4.69) is 16.0 Å². The zero-order chi connectivity index (χ0) is 80.9. The van der Waals surface area contributed by atoms with Gasteiger partial charge in [-0.25, -0.2) is 8.78 Å². The van der Waals surface area contributed by atoms with Crippen LogP contribution in [-0.4, -0.2) is 288 Å². The van der Waals surface area contributed by atoms with E-state index >= 15 is 37.5 Å². The lowest BCUT2D eigenvalue weighted by molar-refractivity contribution is -0.219. The number of hydrogen-bond donors (Lipinski definition) is 3. The van der Waals surface area contributed by atoms with Crippen LogP contribution in [0.2, 0.25) is 0 Å². The van der Waals surface area contributed by atoms with E-state index in [1.807, 2.05) is 6.92 Å². The van der Waals surface area contributed by atoms with Crippen LogP contribution in [0.4, 0.5) is 35.1 Å². The monoisotopic (exact) mass is 1560 g/mol. The largest absolute Gasteiger partial charge is 0.397 e. The lowest BCUT2D eigenvalue weighted by atomic mass is 9.74. The number of amides is 12. The predicted octanol–water partition coefficient (Wildman–Crippen LogP) is 6.89. The summed E-state index contributed by atoms with van der Waals surface area (Å²) in [5.74, 6) is -16.7. The molecule has 0 aromatic heterocycles. The number of ether oxygens (including phenoxy) is 1. The molecule has 3 heterocycles. The van der Waals surface area contributed by atoms with Crippen molar-refractivity contribution in [1.29, 1.82) is 0 Å². The number of halogens is 8. The third-order valence-corrected chi connectivity index (χ3v) is 24.3. The first-order chi connectivity index (χ1) is 51.2. The molecule has 33 heteroatoms. The first-order valence-corrected chi connectivity index (χ1v) is 39.3. The molecule has 7 aliphatic rings. The zero-order valence-corrected chi connectivity index (χ0v) is 65.5. The highest BCUT2D eigenvalue weighted by Gasteiger charge is 2.56. The highest BCUT2D eigenvalue weighted by atomic mass is 19.4. The number of rotatable bonds is 15. The van der Waals surface area contributed by atoms with Crippen molar-refractivity contribution >= 4 is 70.9 Å². The highest BCUT2D eigenvalue weighted by Crippen LogP contribution is 2.46. The number of hydrogen-bond acceptors (Lipinski definition) is 13. The van der Waals surface area contributed by atoms with E-state index in [4.69, 9.17) is 4.74 Å². The predicted molar refractivity (Wildman–Crippen MR) is 386 cm³/mol. The molecule has 109 heavy (non-hydrogen) atoms. The van der Waals surface area contributed by atoms with Crippen molar-refractivity contribution in [2.75, 3.05) is 88.7 Å². The van der Waals surface area contributed by atoms with Crippen molar-refractivity contribution in [2.45, 2.75) is 273 Å². The Bertz CT molecular complexity index is 3230. The summed E-state index contributed by atoms with van der Waals surface area (Å²) in [5.41, 5.74) is -1.69. The average molecular weight is 1560 g/mol. The van der Waals surface area contributed by atoms with E-state index < -0.39 is 230 Å². The number of nitrogens with zero attached hydrogens (tertiary/aromatic N) is 9. The molecular formula is C76H118F8N12O13. The van der Waals surface area contributed by atoms with Crippen molar-refractivity contribution in [3.63, 3.8) is 0 Å². The van der Waals surface area contributed by atoms with Crippen LogP contribution in [0.1, 0.15) is 189 Å². The molecule has 12 atom stereocenters. The lowest BCUT2D eigenvalue weighted by Crippen LogP contribution is -2.68. The second-order valence-corrected chi connectivity index (χ2v) is 31.8. The third-order valence-electron chi connectivity index (χ3n) is 24.3. The van der Waals surface area contributed by atoms with Gasteiger partial charge in [0, 0.05) is 82.0 Å². The average Bonchev–Trinajstić information content (AvgIpc) is 1.71. The highest BCUT2D eigenvalue weighted by molar-refractivity contribution is 6.01. The minimum absolute atomic E-state index is 0.00406. The molecule has 0 aromatic rings. The van der Waals surface area contributed by atoms with Crippen LogP contribution in [0.5, 0.6) is 0 Å². The van der Waals surface area contributed by atoms with Crippen molar-refractivity contribution in [2.24, 2.45) is 35.5 Å². The number of nitrogens with one attached hydrogen (secondary N) is 3. The summed E-state index contributed by atoms with van der Waals surface area (Å²) in [6.45, 7) is 7.09. The SMILES string of the molecule is CCC[C@H]1C(=O)N[C@@H]([C@@H](C)CC)C(=O)N(C)CC(=O)N(C)[C@H]2C/C=C\CCN(C2=O)[C@@H](CC2CCC(C(F)(F)F)CC2)C(=O)N(C)CC(=O)N[C@@H](CCC2CC(F)C(C(F)(F)F)C(F)C2)C(=O)N2C[C@H](OCC)C[C@H]2C(=O)NC2(CCC2)C(=O)N(C)[C@@H](C2CCCC2)C(=O)N(C)[C@H](C(=O)N(C)CCC)CC(=O)N1C. The molecule has 2 bridgehead atoms. The summed E-state index contributed by atoms with van der Waals surface area (Å²) in [6.07, 6.45) is -12.3. The standard InChI is InChI=1S/C76H118F8N12O13/c1-13-23-54-65(100)86-63(45(5)15-3)71(106)90(8)44-61(99)92(10)55-26-18-17-21-36-95(70(55)105)58(39-46-27-30-49(31-28-46)75(79,80)81)69(104)89(7)43-59(97)85-53(32-29-47-37-51(77)62(52(78)38-47)76(82,83)84)67(102)96-42-50(109-16-4)40-56(96)66(101)87-74(33-22-34-74)73(108)94(12)64(48-24-19-20-25-48)72(107)93(11)57(41-60(98)91(54)9)68(103)88(6)35-14-2/h17-18,45-58,62-64H,13-16,19-44H2,1-12H3,(H,85,97)(H,86,100)(H,87,101)/b18-17-/t45-,46?,47?,49?,50+,51?,52?,53-,54-,55-,56-,57-,58-,62?,63-,64-/m0/s1. The molecule has 0 radical (unpaired) electrons. The molecule has 12 amide bonds. The van der Waals surface area contributed by atoms with Crippen LogP contribution < -0.4 is 16.0 Å². The summed E-state index contributed by atoms with van der Waals surface area (Å²) in [7, 11) is 9.56. The van der Waals surface area contributed by atoms with Crippen molar-refractivity contribution in [3.8, 4) is 0 Å². The summed E-state index contributed by atoms with van der Waals surface area (Å²) in [5, 5.41) is 8.42. The van der Waals surface area contributed by atoms with Gasteiger partial charge in [-0.15, -0.1) is 0 Å². The smallest absolute Gasteiger partial charge is 0.377 e. The molecule has 3 aliphatic heterocycles. The molecule has 25 nitrogen and oxygen atoms in total. The van der Waals surface area contributed by atoms with Gasteiger partial charge in [0.15, 0.2) is 0 Å². The maximum atomic E-state index is 15.6. The molecule has 6 fully saturated rings. The molecule has 4 aliphatic carbocycles. The maximum absolute atomic E-state index is 15.6. The van der Waals surface area contributed by atoms with Crippen molar-refractivity contribution in [1.82, 2.24) is 60.0 Å². The second-order valence-electron chi connectivity index (χ2n) is 31.8. The summed E-state index contributed by atoms with van der Waals surface area (Å²) < 4.78 is 121. The molecule has 4 saturated carbocycles. The molecule has 2 saturated heterocycles. The number of alkyl halides is 8. The van der Waals surface area contributed by atoms with E-state index in [-0.39, 0.29) is 103 Å². The van der Waals surface area contributed by atoms with Gasteiger partial charge in [-0.2, -0.15) is 26.3 Å². The molecule has 1 spiro atoms. The van der Waals surface area contributed by atoms with Gasteiger partial charge in [0.05, 0.1) is 31.5 Å². The van der Waals surface area contributed by atoms with E-state index in [1.54, 1.807) is 39.8 Å². The van der Waals surface area contributed by atoms with Crippen LogP contribution in [0.15, 0.2) is 12.2 Å². The Morgan fingerprint density at radius 2 is 1.27 bits per heavy atom. The lowest BCUT2D eigenvalue weighted by Gasteiger charge is -2.46. The first-order valence-electron chi connectivity index (χ1n) is 39.3. The Kier molecular flexibility index (Phi) is 31.7. The fourth-order valence-electron chi connectivity index (χ4n) is 17.3. The second kappa shape index (κ2) is 38.8. The minimum Gasteiger partial charge on any atom is -0.377 e. The molecular weight excluding hydrogens is 1440 g/mol. The van der Waals surface area contributed by atoms with E-state index in [0.717, 1.165) is 24.5 Å². The van der Waals surface area contributed by atoms with Gasteiger partial charge in [-0.3, -0.25) is 57.5 Å². The Morgan fingerprint density at radius 3 is 1.83 bits per heavy atom. The van der Waals surface area contributed by atoms with Crippen LogP contribution in [0, 0.1) is 35.5 Å². The number of carbonyl (C=O) groups is 12. The van der Waals surface area contributed by atoms with Gasteiger partial charge >= 0.3 is 12.4 Å². The van der Waals surface area contributed by atoms with Crippen LogP contribution in [0.25, 0.3) is 0 Å². The Hall–Kier alpha value is -7.22. The molecule has 2 unspecified atom stereocenters. The number of likely N-dealkylation sites (N-methyl/N-ethyl adjacent to an activating group) is 7. The third kappa shape index (κ3) is 21.7. The Morgan fingerprint density at radius 1 is 0.633 bits per heavy atom. The number of carbonyl (C=O) groups excluding carboxylic acids is 12. The van der Waals surface area contributed by atoms with Crippen molar-refractivity contribution in [3.05, 3.63) is 12.2 Å². The van der Waals surface area contributed by atoms with E-state index in [1.165, 1.54) is 68.9 Å². The normalized spacial score (nSPS) is 31.7. The fraction of sp³-hybridized carbons (Fsp3) is 0.816. The Labute approximate surface area is 635 Å². The van der Waals surface area contributed by atoms with Gasteiger partial charge in [-0.05, 0) is 146 Å². The van der Waals surface area contributed by atoms with Gasteiger partial charge in [0.1, 0.15) is 72.1 Å². The minimum atomic E-state index is -5.22. The van der Waals surface area contributed by atoms with Crippen molar-refractivity contribution < 1.29 is 97.4 Å². The molecule has 7 rings (SSSR count). The van der Waals surface area contributed by atoms with Crippen LogP contribution >= 0.6 is 0 Å². The molecule has 616 valence electrons. The Balaban J connectivity index is 1.33. The zero-order valence-electron chi connectivity index (χ0n) is 65.5. The quantitative estimate of drug-likeness (QED) is 0.111.